The Morgan fingerprint density at radius 2 is 2.29 bits per heavy atom. The van der Waals surface area contributed by atoms with E-state index in [2.05, 4.69) is 10.6 Å². The third kappa shape index (κ3) is 2.47. The molecule has 17 heavy (non-hydrogen) atoms. The van der Waals surface area contributed by atoms with E-state index in [4.69, 9.17) is 0 Å². The lowest BCUT2D eigenvalue weighted by Gasteiger charge is -2.16. The van der Waals surface area contributed by atoms with Gasteiger partial charge in [0.1, 0.15) is 5.82 Å². The van der Waals surface area contributed by atoms with E-state index in [0.29, 0.717) is 5.69 Å². The summed E-state index contributed by atoms with van der Waals surface area (Å²) in [6.07, 6.45) is 0.806. The van der Waals surface area contributed by atoms with Crippen LogP contribution in [0.3, 0.4) is 0 Å². The molecule has 3 nitrogen and oxygen atoms in total. The molecule has 2 unspecified atom stereocenters. The van der Waals surface area contributed by atoms with Crippen molar-refractivity contribution in [3.05, 3.63) is 29.6 Å². The van der Waals surface area contributed by atoms with Gasteiger partial charge in [0.15, 0.2) is 0 Å². The van der Waals surface area contributed by atoms with E-state index in [0.717, 1.165) is 18.5 Å². The summed E-state index contributed by atoms with van der Waals surface area (Å²) in [5.74, 6) is -0.554. The van der Waals surface area contributed by atoms with Gasteiger partial charge < -0.3 is 10.6 Å². The van der Waals surface area contributed by atoms with E-state index in [-0.39, 0.29) is 23.7 Å². The van der Waals surface area contributed by atoms with E-state index in [1.165, 1.54) is 6.07 Å². The molecule has 1 fully saturated rings. The van der Waals surface area contributed by atoms with E-state index >= 15 is 0 Å². The van der Waals surface area contributed by atoms with Crippen molar-refractivity contribution < 1.29 is 9.18 Å². The van der Waals surface area contributed by atoms with Crippen LogP contribution in [0.5, 0.6) is 0 Å². The molecule has 2 N–H and O–H groups in total. The Kier molecular flexibility index (Phi) is 3.43. The maximum atomic E-state index is 13.6. The molecule has 2 rings (SSSR count). The van der Waals surface area contributed by atoms with Gasteiger partial charge in [-0.15, -0.1) is 0 Å². The number of nitrogens with one attached hydrogen (secondary N) is 2. The van der Waals surface area contributed by atoms with Crippen LogP contribution in [0.25, 0.3) is 0 Å². The molecule has 0 bridgehead atoms. The van der Waals surface area contributed by atoms with Gasteiger partial charge >= 0.3 is 0 Å². The zero-order valence-corrected chi connectivity index (χ0v) is 10.1. The van der Waals surface area contributed by atoms with Crippen molar-refractivity contribution in [1.82, 2.24) is 5.32 Å². The van der Waals surface area contributed by atoms with Crippen LogP contribution >= 0.6 is 0 Å². The Morgan fingerprint density at radius 1 is 1.53 bits per heavy atom. The highest BCUT2D eigenvalue weighted by molar-refractivity contribution is 5.94. The third-order valence-electron chi connectivity index (χ3n) is 3.33. The van der Waals surface area contributed by atoms with Gasteiger partial charge in [0.25, 0.3) is 0 Å². The SMILES string of the molecule is Cc1cccc(F)c1NC(=O)C1CCNC1C. The molecule has 92 valence electrons. The molecule has 1 aliphatic heterocycles. The Morgan fingerprint density at radius 3 is 2.88 bits per heavy atom. The normalized spacial score (nSPS) is 23.7. The van der Waals surface area contributed by atoms with Crippen molar-refractivity contribution in [3.8, 4) is 0 Å². The van der Waals surface area contributed by atoms with E-state index in [9.17, 15) is 9.18 Å². The summed E-state index contributed by atoms with van der Waals surface area (Å²) < 4.78 is 13.6. The number of halogens is 1. The molecule has 1 aromatic carbocycles. The number of hydrogen-bond donors (Lipinski definition) is 2. The molecular weight excluding hydrogens is 219 g/mol. The van der Waals surface area contributed by atoms with Crippen molar-refractivity contribution in [3.63, 3.8) is 0 Å². The molecule has 4 heteroatoms. The second-order valence-electron chi connectivity index (χ2n) is 4.56. The van der Waals surface area contributed by atoms with Crippen molar-refractivity contribution >= 4 is 11.6 Å². The number of hydrogen-bond acceptors (Lipinski definition) is 2. The third-order valence-corrected chi connectivity index (χ3v) is 3.33. The van der Waals surface area contributed by atoms with Crippen molar-refractivity contribution in [2.75, 3.05) is 11.9 Å². The lowest BCUT2D eigenvalue weighted by atomic mass is 10.0. The Bertz CT molecular complexity index is 413. The minimum atomic E-state index is -0.378. The van der Waals surface area contributed by atoms with Crippen LogP contribution in [-0.2, 0) is 4.79 Å². The molecule has 1 amide bonds. The molecular formula is C13H17FN2O. The summed E-state index contributed by atoms with van der Waals surface area (Å²) in [6, 6.07) is 4.94. The van der Waals surface area contributed by atoms with Crippen LogP contribution < -0.4 is 10.6 Å². The highest BCUT2D eigenvalue weighted by Gasteiger charge is 2.29. The highest BCUT2D eigenvalue weighted by atomic mass is 19.1. The van der Waals surface area contributed by atoms with Crippen LogP contribution in [0, 0.1) is 18.7 Å². The fourth-order valence-electron chi connectivity index (χ4n) is 2.22. The van der Waals surface area contributed by atoms with Crippen LogP contribution in [-0.4, -0.2) is 18.5 Å². The minimum absolute atomic E-state index is 0.0750. The lowest BCUT2D eigenvalue weighted by molar-refractivity contribution is -0.120. The van der Waals surface area contributed by atoms with Gasteiger partial charge in [0.05, 0.1) is 11.6 Å². The number of carbonyl (C=O) groups is 1. The van der Waals surface area contributed by atoms with Crippen molar-refractivity contribution in [2.24, 2.45) is 5.92 Å². The van der Waals surface area contributed by atoms with Crippen molar-refractivity contribution in [1.29, 1.82) is 0 Å². The Balaban J connectivity index is 2.13. The zero-order valence-electron chi connectivity index (χ0n) is 10.1. The molecule has 2 atom stereocenters. The summed E-state index contributed by atoms with van der Waals surface area (Å²) in [5, 5.41) is 5.91. The summed E-state index contributed by atoms with van der Waals surface area (Å²) >= 11 is 0. The molecule has 1 saturated heterocycles. The second kappa shape index (κ2) is 4.84. The van der Waals surface area contributed by atoms with Gasteiger partial charge in [-0.3, -0.25) is 4.79 Å². The predicted octanol–water partition coefficient (Wildman–Crippen LogP) is 2.07. The number of rotatable bonds is 2. The average molecular weight is 236 g/mol. The van der Waals surface area contributed by atoms with Gasteiger partial charge in [0, 0.05) is 6.04 Å². The second-order valence-corrected chi connectivity index (χ2v) is 4.56. The molecule has 1 aliphatic rings. The highest BCUT2D eigenvalue weighted by Crippen LogP contribution is 2.22. The summed E-state index contributed by atoms with van der Waals surface area (Å²) in [6.45, 7) is 4.61. The van der Waals surface area contributed by atoms with Crippen LogP contribution in [0.1, 0.15) is 18.9 Å². The molecule has 0 radical (unpaired) electrons. The van der Waals surface area contributed by atoms with Gasteiger partial charge in [-0.1, -0.05) is 12.1 Å². The first-order valence-electron chi connectivity index (χ1n) is 5.89. The maximum Gasteiger partial charge on any atom is 0.229 e. The van der Waals surface area contributed by atoms with Gasteiger partial charge in [-0.2, -0.15) is 0 Å². The van der Waals surface area contributed by atoms with Crippen LogP contribution in [0.2, 0.25) is 0 Å². The van der Waals surface area contributed by atoms with Crippen LogP contribution in [0.15, 0.2) is 18.2 Å². The zero-order chi connectivity index (χ0) is 12.4. The van der Waals surface area contributed by atoms with Gasteiger partial charge in [-0.25, -0.2) is 4.39 Å². The first kappa shape index (κ1) is 12.0. The molecule has 1 heterocycles. The number of benzene rings is 1. The maximum absolute atomic E-state index is 13.6. The fraction of sp³-hybridized carbons (Fsp3) is 0.462. The molecule has 0 saturated carbocycles. The quantitative estimate of drug-likeness (QED) is 0.825. The molecule has 0 spiro atoms. The summed E-state index contributed by atoms with van der Waals surface area (Å²) in [5.41, 5.74) is 1.05. The van der Waals surface area contributed by atoms with Gasteiger partial charge in [0.2, 0.25) is 5.91 Å². The Hall–Kier alpha value is -1.42. The number of aryl methyl sites for hydroxylation is 1. The number of carbonyl (C=O) groups excluding carboxylic acids is 1. The van der Waals surface area contributed by atoms with Crippen molar-refractivity contribution in [2.45, 2.75) is 26.3 Å². The molecule has 1 aromatic rings. The smallest absolute Gasteiger partial charge is 0.229 e. The Labute approximate surface area is 100 Å². The van der Waals surface area contributed by atoms with E-state index in [1.807, 2.05) is 6.92 Å². The van der Waals surface area contributed by atoms with Gasteiger partial charge in [-0.05, 0) is 38.4 Å². The topological polar surface area (TPSA) is 41.1 Å². The summed E-state index contributed by atoms with van der Waals surface area (Å²) in [4.78, 5) is 12.0. The number of anilines is 1. The standard InChI is InChI=1S/C13H17FN2O/c1-8-4-3-5-11(14)12(8)16-13(17)10-6-7-15-9(10)2/h3-5,9-10,15H,6-7H2,1-2H3,(H,16,17). The monoisotopic (exact) mass is 236 g/mol. The predicted molar refractivity (Wildman–Crippen MR) is 65.3 cm³/mol. The first-order valence-corrected chi connectivity index (χ1v) is 5.89. The first-order chi connectivity index (χ1) is 8.09. The largest absolute Gasteiger partial charge is 0.323 e. The van der Waals surface area contributed by atoms with E-state index in [1.54, 1.807) is 19.1 Å². The lowest BCUT2D eigenvalue weighted by Crippen LogP contribution is -2.32. The summed E-state index contributed by atoms with van der Waals surface area (Å²) in [7, 11) is 0. The minimum Gasteiger partial charge on any atom is -0.323 e. The number of amides is 1. The molecule has 0 aromatic heterocycles. The van der Waals surface area contributed by atoms with E-state index < -0.39 is 0 Å². The molecule has 0 aliphatic carbocycles. The number of para-hydroxylation sites is 1. The average Bonchev–Trinajstić information content (AvgIpc) is 2.70. The fourth-order valence-corrected chi connectivity index (χ4v) is 2.22. The van der Waals surface area contributed by atoms with Crippen LogP contribution in [0.4, 0.5) is 10.1 Å².